The van der Waals surface area contributed by atoms with Crippen LogP contribution in [0.5, 0.6) is 0 Å². The van der Waals surface area contributed by atoms with Gasteiger partial charge in [-0.1, -0.05) is 0 Å². The Kier molecular flexibility index (Phi) is 2.91. The Morgan fingerprint density at radius 1 is 1.43 bits per heavy atom. The maximum absolute atomic E-state index is 11.5. The summed E-state index contributed by atoms with van der Waals surface area (Å²) in [5.41, 5.74) is 0. The molecular weight excluding hydrogens is 178 g/mol. The molecule has 1 unspecified atom stereocenters. The molecule has 2 heterocycles. The van der Waals surface area contributed by atoms with E-state index in [4.69, 9.17) is 0 Å². The van der Waals surface area contributed by atoms with Gasteiger partial charge >= 0.3 is 6.03 Å². The van der Waals surface area contributed by atoms with E-state index in [0.717, 1.165) is 26.2 Å². The lowest BCUT2D eigenvalue weighted by Gasteiger charge is -2.26. The minimum absolute atomic E-state index is 0.121. The number of rotatable bonds is 2. The zero-order chi connectivity index (χ0) is 9.97. The first-order valence-electron chi connectivity index (χ1n) is 5.52. The average Bonchev–Trinajstić information content (AvgIpc) is 2.47. The fourth-order valence-electron chi connectivity index (χ4n) is 2.29. The van der Waals surface area contributed by atoms with E-state index in [1.54, 1.807) is 0 Å². The first-order chi connectivity index (χ1) is 6.75. The second-order valence-corrected chi connectivity index (χ2v) is 4.45. The molecule has 2 N–H and O–H groups in total. The van der Waals surface area contributed by atoms with E-state index in [1.807, 2.05) is 4.90 Å². The number of nitrogens with zero attached hydrogens (tertiary/aromatic N) is 1. The summed E-state index contributed by atoms with van der Waals surface area (Å²) in [6, 6.07) is 0.445. The third-order valence-corrected chi connectivity index (χ3v) is 3.09. The summed E-state index contributed by atoms with van der Waals surface area (Å²) in [6.07, 6.45) is 2.41. The molecule has 80 valence electrons. The number of piperidine rings is 1. The van der Waals surface area contributed by atoms with Crippen LogP contribution in [0.15, 0.2) is 0 Å². The lowest BCUT2D eigenvalue weighted by molar-refractivity contribution is 0.201. The Bertz CT molecular complexity index is 213. The van der Waals surface area contributed by atoms with Crippen molar-refractivity contribution in [3.8, 4) is 0 Å². The number of carbonyl (C=O) groups excluding carboxylic acids is 1. The molecule has 2 fully saturated rings. The Labute approximate surface area is 85.0 Å². The maximum atomic E-state index is 11.5. The zero-order valence-electron chi connectivity index (χ0n) is 8.75. The summed E-state index contributed by atoms with van der Waals surface area (Å²) < 4.78 is 0. The molecule has 0 radical (unpaired) electrons. The smallest absolute Gasteiger partial charge is 0.317 e. The van der Waals surface area contributed by atoms with Crippen molar-refractivity contribution in [3.05, 3.63) is 0 Å². The van der Waals surface area contributed by atoms with Crippen molar-refractivity contribution in [1.82, 2.24) is 15.5 Å². The van der Waals surface area contributed by atoms with Crippen molar-refractivity contribution in [1.29, 1.82) is 0 Å². The van der Waals surface area contributed by atoms with Crippen LogP contribution in [0.3, 0.4) is 0 Å². The number of nitrogens with one attached hydrogen (secondary N) is 2. The highest BCUT2D eigenvalue weighted by Crippen LogP contribution is 2.15. The standard InChI is InChI=1S/C10H19N3O/c1-8-6-13(10(14)12-8)7-9-2-4-11-5-3-9/h8-9,11H,2-7H2,1H3,(H,12,14). The highest BCUT2D eigenvalue weighted by atomic mass is 16.2. The molecule has 2 amide bonds. The molecule has 0 bridgehead atoms. The van der Waals surface area contributed by atoms with Crippen molar-refractivity contribution in [2.24, 2.45) is 5.92 Å². The summed E-state index contributed by atoms with van der Waals surface area (Å²) in [7, 11) is 0. The Hall–Kier alpha value is -0.770. The maximum Gasteiger partial charge on any atom is 0.317 e. The van der Waals surface area contributed by atoms with Gasteiger partial charge in [-0.25, -0.2) is 4.79 Å². The lowest BCUT2D eigenvalue weighted by atomic mass is 9.98. The van der Waals surface area contributed by atoms with E-state index < -0.39 is 0 Å². The van der Waals surface area contributed by atoms with Gasteiger partial charge in [-0.15, -0.1) is 0 Å². The van der Waals surface area contributed by atoms with Crippen molar-refractivity contribution in [2.75, 3.05) is 26.2 Å². The quantitative estimate of drug-likeness (QED) is 0.673. The predicted molar refractivity (Wildman–Crippen MR) is 55.2 cm³/mol. The van der Waals surface area contributed by atoms with E-state index in [9.17, 15) is 4.79 Å². The molecule has 2 rings (SSSR count). The van der Waals surface area contributed by atoms with Crippen molar-refractivity contribution < 1.29 is 4.79 Å². The van der Waals surface area contributed by atoms with Crippen LogP contribution in [-0.4, -0.2) is 43.2 Å². The number of hydrogen-bond donors (Lipinski definition) is 2. The summed E-state index contributed by atoms with van der Waals surface area (Å²) in [5, 5.41) is 6.27. The SMILES string of the molecule is CC1CN(CC2CCNCC2)C(=O)N1. The van der Waals surface area contributed by atoms with Crippen LogP contribution in [0, 0.1) is 5.92 Å². The van der Waals surface area contributed by atoms with Crippen LogP contribution in [-0.2, 0) is 0 Å². The summed E-state index contributed by atoms with van der Waals surface area (Å²) in [4.78, 5) is 13.4. The number of carbonyl (C=O) groups is 1. The first-order valence-corrected chi connectivity index (χ1v) is 5.52. The molecule has 2 aliphatic heterocycles. The molecule has 0 aromatic carbocycles. The van der Waals surface area contributed by atoms with Gasteiger partial charge in [0.15, 0.2) is 0 Å². The summed E-state index contributed by atoms with van der Waals surface area (Å²) in [5.74, 6) is 0.701. The molecular formula is C10H19N3O. The van der Waals surface area contributed by atoms with Gasteiger partial charge in [0.2, 0.25) is 0 Å². The Morgan fingerprint density at radius 3 is 2.71 bits per heavy atom. The van der Waals surface area contributed by atoms with E-state index >= 15 is 0 Å². The monoisotopic (exact) mass is 197 g/mol. The van der Waals surface area contributed by atoms with Gasteiger partial charge in [0.1, 0.15) is 0 Å². The van der Waals surface area contributed by atoms with Crippen molar-refractivity contribution in [3.63, 3.8) is 0 Å². The molecule has 2 aliphatic rings. The number of urea groups is 1. The largest absolute Gasteiger partial charge is 0.334 e. The van der Waals surface area contributed by atoms with Gasteiger partial charge in [-0.2, -0.15) is 0 Å². The Morgan fingerprint density at radius 2 is 2.14 bits per heavy atom. The van der Waals surface area contributed by atoms with Gasteiger partial charge in [-0.05, 0) is 38.8 Å². The molecule has 1 atom stereocenters. The molecule has 4 heteroatoms. The van der Waals surface area contributed by atoms with Gasteiger partial charge in [0.25, 0.3) is 0 Å². The third-order valence-electron chi connectivity index (χ3n) is 3.09. The van der Waals surface area contributed by atoms with Crippen LogP contribution >= 0.6 is 0 Å². The van der Waals surface area contributed by atoms with Gasteiger partial charge in [-0.3, -0.25) is 0 Å². The second kappa shape index (κ2) is 4.17. The van der Waals surface area contributed by atoms with Crippen LogP contribution < -0.4 is 10.6 Å². The highest BCUT2D eigenvalue weighted by molar-refractivity contribution is 5.76. The van der Waals surface area contributed by atoms with Gasteiger partial charge in [0, 0.05) is 19.1 Å². The normalized spacial score (nSPS) is 29.4. The zero-order valence-corrected chi connectivity index (χ0v) is 8.75. The van der Waals surface area contributed by atoms with Crippen LogP contribution in [0.1, 0.15) is 19.8 Å². The third kappa shape index (κ3) is 2.18. The average molecular weight is 197 g/mol. The minimum atomic E-state index is 0.121. The molecule has 14 heavy (non-hydrogen) atoms. The molecule has 0 saturated carbocycles. The molecule has 0 aliphatic carbocycles. The van der Waals surface area contributed by atoms with E-state index in [0.29, 0.717) is 12.0 Å². The Balaban J connectivity index is 1.81. The topological polar surface area (TPSA) is 44.4 Å². The second-order valence-electron chi connectivity index (χ2n) is 4.45. The molecule has 0 aromatic heterocycles. The number of amides is 2. The van der Waals surface area contributed by atoms with E-state index in [-0.39, 0.29) is 6.03 Å². The molecule has 4 nitrogen and oxygen atoms in total. The van der Waals surface area contributed by atoms with Crippen LogP contribution in [0.2, 0.25) is 0 Å². The van der Waals surface area contributed by atoms with E-state index in [1.165, 1.54) is 12.8 Å². The number of hydrogen-bond acceptors (Lipinski definition) is 2. The van der Waals surface area contributed by atoms with Crippen LogP contribution in [0.4, 0.5) is 4.79 Å². The van der Waals surface area contributed by atoms with E-state index in [2.05, 4.69) is 17.6 Å². The molecule has 0 aromatic rings. The van der Waals surface area contributed by atoms with Gasteiger partial charge < -0.3 is 15.5 Å². The summed E-state index contributed by atoms with van der Waals surface area (Å²) in [6.45, 7) is 6.09. The summed E-state index contributed by atoms with van der Waals surface area (Å²) >= 11 is 0. The first kappa shape index (κ1) is 9.77. The fraction of sp³-hybridized carbons (Fsp3) is 0.900. The highest BCUT2D eigenvalue weighted by Gasteiger charge is 2.27. The van der Waals surface area contributed by atoms with Crippen LogP contribution in [0.25, 0.3) is 0 Å². The lowest BCUT2D eigenvalue weighted by Crippen LogP contribution is -2.37. The van der Waals surface area contributed by atoms with Crippen molar-refractivity contribution >= 4 is 6.03 Å². The van der Waals surface area contributed by atoms with Gasteiger partial charge in [0.05, 0.1) is 0 Å². The predicted octanol–water partition coefficient (Wildman–Crippen LogP) is 0.400. The molecule has 0 spiro atoms. The molecule has 2 saturated heterocycles. The van der Waals surface area contributed by atoms with Crippen molar-refractivity contribution in [2.45, 2.75) is 25.8 Å². The fourth-order valence-corrected chi connectivity index (χ4v) is 2.29. The minimum Gasteiger partial charge on any atom is -0.334 e.